The Hall–Kier alpha value is -1.77. The molecule has 1 N–H and O–H groups in total. The maximum absolute atomic E-state index is 7.08. The van der Waals surface area contributed by atoms with E-state index >= 15 is 0 Å². The number of benzene rings is 1. The lowest BCUT2D eigenvalue weighted by molar-refractivity contribution is 0.415. The van der Waals surface area contributed by atoms with Crippen LogP contribution in [0.2, 0.25) is 0 Å². The van der Waals surface area contributed by atoms with Gasteiger partial charge in [-0.3, -0.25) is 0 Å². The quantitative estimate of drug-likeness (QED) is 0.737. The van der Waals surface area contributed by atoms with Crippen molar-refractivity contribution in [3.63, 3.8) is 0 Å². The number of ether oxygens (including phenoxy) is 1. The largest absolute Gasteiger partial charge is 0.497 e. The molecule has 0 unspecified atom stereocenters. The van der Waals surface area contributed by atoms with Gasteiger partial charge in [0.2, 0.25) is 0 Å². The standard InChI is InChI=1S/C11H12N2O/c1-14-10-3-2-9-4-6-13(7-5-12)11(9)8-10/h2-6,8,12H,7H2,1H3. The van der Waals surface area contributed by atoms with Crippen molar-refractivity contribution in [1.82, 2.24) is 4.57 Å². The summed E-state index contributed by atoms with van der Waals surface area (Å²) < 4.78 is 7.17. The summed E-state index contributed by atoms with van der Waals surface area (Å²) in [6, 6.07) is 7.99. The van der Waals surface area contributed by atoms with Gasteiger partial charge < -0.3 is 14.7 Å². The first-order valence-corrected chi connectivity index (χ1v) is 4.47. The van der Waals surface area contributed by atoms with E-state index in [9.17, 15) is 0 Å². The monoisotopic (exact) mass is 188 g/mol. The molecule has 0 aliphatic heterocycles. The maximum Gasteiger partial charge on any atom is 0.120 e. The predicted molar refractivity (Wildman–Crippen MR) is 57.3 cm³/mol. The van der Waals surface area contributed by atoms with Crippen molar-refractivity contribution in [3.05, 3.63) is 30.5 Å². The zero-order valence-electron chi connectivity index (χ0n) is 8.03. The topological polar surface area (TPSA) is 38.0 Å². The Morgan fingerprint density at radius 1 is 1.43 bits per heavy atom. The summed E-state index contributed by atoms with van der Waals surface area (Å²) in [6.45, 7) is 0.608. The second kappa shape index (κ2) is 3.54. The number of fused-ring (bicyclic) bond motifs is 1. The fraction of sp³-hybridized carbons (Fsp3) is 0.182. The summed E-state index contributed by atoms with van der Waals surface area (Å²) in [5.41, 5.74) is 1.10. The van der Waals surface area contributed by atoms with Crippen molar-refractivity contribution in [1.29, 1.82) is 5.41 Å². The lowest BCUT2D eigenvalue weighted by Crippen LogP contribution is -1.95. The molecule has 2 aromatic rings. The first-order valence-electron chi connectivity index (χ1n) is 4.47. The van der Waals surface area contributed by atoms with Crippen LogP contribution in [0.5, 0.6) is 5.75 Å². The summed E-state index contributed by atoms with van der Waals surface area (Å²) in [5.74, 6) is 0.849. The van der Waals surface area contributed by atoms with Crippen LogP contribution in [0.25, 0.3) is 10.9 Å². The minimum atomic E-state index is 0.608. The van der Waals surface area contributed by atoms with Gasteiger partial charge in [0.15, 0.2) is 0 Å². The highest BCUT2D eigenvalue weighted by atomic mass is 16.5. The third kappa shape index (κ3) is 1.37. The molecule has 0 fully saturated rings. The van der Waals surface area contributed by atoms with E-state index in [2.05, 4.69) is 0 Å². The van der Waals surface area contributed by atoms with E-state index in [4.69, 9.17) is 10.1 Å². The molecular formula is C11H12N2O. The molecular weight excluding hydrogens is 176 g/mol. The number of nitrogens with one attached hydrogen (secondary N) is 1. The van der Waals surface area contributed by atoms with Crippen molar-refractivity contribution in [3.8, 4) is 5.75 Å². The van der Waals surface area contributed by atoms with Crippen LogP contribution in [0.15, 0.2) is 30.5 Å². The SMILES string of the molecule is COc1ccc2ccn(CC=N)c2c1. The van der Waals surface area contributed by atoms with Gasteiger partial charge in [0.05, 0.1) is 19.2 Å². The van der Waals surface area contributed by atoms with E-state index in [1.165, 1.54) is 11.6 Å². The molecule has 14 heavy (non-hydrogen) atoms. The highest BCUT2D eigenvalue weighted by Crippen LogP contribution is 2.21. The Bertz CT molecular complexity index is 459. The smallest absolute Gasteiger partial charge is 0.120 e. The molecule has 0 aliphatic carbocycles. The molecule has 0 saturated carbocycles. The molecule has 0 spiro atoms. The fourth-order valence-corrected chi connectivity index (χ4v) is 1.55. The molecule has 0 atom stereocenters. The van der Waals surface area contributed by atoms with Gasteiger partial charge in [-0.1, -0.05) is 0 Å². The van der Waals surface area contributed by atoms with Crippen LogP contribution in [-0.2, 0) is 6.54 Å². The van der Waals surface area contributed by atoms with Gasteiger partial charge in [-0.05, 0) is 23.6 Å². The van der Waals surface area contributed by atoms with E-state index in [0.29, 0.717) is 6.54 Å². The van der Waals surface area contributed by atoms with Crippen LogP contribution in [0, 0.1) is 5.41 Å². The second-order valence-corrected chi connectivity index (χ2v) is 3.10. The molecule has 3 nitrogen and oxygen atoms in total. The predicted octanol–water partition coefficient (Wildman–Crippen LogP) is 2.30. The van der Waals surface area contributed by atoms with Gasteiger partial charge >= 0.3 is 0 Å². The molecule has 0 radical (unpaired) electrons. The molecule has 0 amide bonds. The number of rotatable bonds is 3. The molecule has 1 heterocycles. The van der Waals surface area contributed by atoms with Crippen LogP contribution >= 0.6 is 0 Å². The van der Waals surface area contributed by atoms with E-state index in [-0.39, 0.29) is 0 Å². The van der Waals surface area contributed by atoms with Gasteiger partial charge in [0, 0.05) is 18.5 Å². The van der Waals surface area contributed by atoms with Gasteiger partial charge in [-0.25, -0.2) is 0 Å². The Balaban J connectivity index is 2.57. The van der Waals surface area contributed by atoms with Crippen LogP contribution in [0.3, 0.4) is 0 Å². The molecule has 3 heteroatoms. The Morgan fingerprint density at radius 3 is 3.00 bits per heavy atom. The van der Waals surface area contributed by atoms with Crippen LogP contribution in [0.1, 0.15) is 0 Å². The lowest BCUT2D eigenvalue weighted by Gasteiger charge is -2.03. The van der Waals surface area contributed by atoms with Gasteiger partial charge in [0.25, 0.3) is 0 Å². The van der Waals surface area contributed by atoms with Gasteiger partial charge in [-0.15, -0.1) is 0 Å². The van der Waals surface area contributed by atoms with E-state index in [1.54, 1.807) is 7.11 Å². The first-order chi connectivity index (χ1) is 6.85. The first kappa shape index (κ1) is 8.81. The number of methoxy groups -OCH3 is 1. The van der Waals surface area contributed by atoms with E-state index < -0.39 is 0 Å². The van der Waals surface area contributed by atoms with Gasteiger partial charge in [-0.2, -0.15) is 0 Å². The molecule has 0 saturated heterocycles. The summed E-state index contributed by atoms with van der Waals surface area (Å²) in [5, 5.41) is 8.25. The number of hydrogen-bond donors (Lipinski definition) is 1. The zero-order chi connectivity index (χ0) is 9.97. The highest BCUT2D eigenvalue weighted by Gasteiger charge is 2.00. The van der Waals surface area contributed by atoms with Crippen molar-refractivity contribution in [2.75, 3.05) is 7.11 Å². The van der Waals surface area contributed by atoms with Crippen molar-refractivity contribution in [2.45, 2.75) is 6.54 Å². The number of aromatic nitrogens is 1. The van der Waals surface area contributed by atoms with Crippen LogP contribution < -0.4 is 4.74 Å². The Kier molecular flexibility index (Phi) is 2.23. The third-order valence-electron chi connectivity index (χ3n) is 2.27. The minimum absolute atomic E-state index is 0.608. The van der Waals surface area contributed by atoms with Crippen molar-refractivity contribution < 1.29 is 4.74 Å². The third-order valence-corrected chi connectivity index (χ3v) is 2.27. The average molecular weight is 188 g/mol. The molecule has 0 aliphatic rings. The number of hydrogen-bond acceptors (Lipinski definition) is 2. The Morgan fingerprint density at radius 2 is 2.29 bits per heavy atom. The normalized spacial score (nSPS) is 10.4. The summed E-state index contributed by atoms with van der Waals surface area (Å²) in [6.07, 6.45) is 3.37. The molecule has 2 rings (SSSR count). The summed E-state index contributed by atoms with van der Waals surface area (Å²) in [4.78, 5) is 0. The molecule has 1 aromatic heterocycles. The summed E-state index contributed by atoms with van der Waals surface area (Å²) >= 11 is 0. The summed E-state index contributed by atoms with van der Waals surface area (Å²) in [7, 11) is 1.66. The van der Waals surface area contributed by atoms with Crippen molar-refractivity contribution >= 4 is 17.1 Å². The van der Waals surface area contributed by atoms with Crippen LogP contribution in [0.4, 0.5) is 0 Å². The lowest BCUT2D eigenvalue weighted by atomic mass is 10.2. The fourth-order valence-electron chi connectivity index (χ4n) is 1.55. The average Bonchev–Trinajstić information content (AvgIpc) is 2.61. The highest BCUT2D eigenvalue weighted by molar-refractivity contribution is 5.82. The molecule has 1 aromatic carbocycles. The minimum Gasteiger partial charge on any atom is -0.497 e. The molecule has 0 bridgehead atoms. The maximum atomic E-state index is 7.08. The second-order valence-electron chi connectivity index (χ2n) is 3.10. The zero-order valence-corrected chi connectivity index (χ0v) is 8.03. The van der Waals surface area contributed by atoms with E-state index in [0.717, 1.165) is 11.3 Å². The van der Waals surface area contributed by atoms with E-state index in [1.807, 2.05) is 35.0 Å². The van der Waals surface area contributed by atoms with Crippen molar-refractivity contribution in [2.24, 2.45) is 0 Å². The van der Waals surface area contributed by atoms with Gasteiger partial charge in [0.1, 0.15) is 5.75 Å². The Labute approximate surface area is 82.4 Å². The molecule has 72 valence electrons. The number of nitrogens with zero attached hydrogens (tertiary/aromatic N) is 1. The van der Waals surface area contributed by atoms with Crippen LogP contribution in [-0.4, -0.2) is 17.9 Å².